The molecule has 5 heteroatoms. The first-order valence-electron chi connectivity index (χ1n) is 4.14. The first kappa shape index (κ1) is 11.9. The van der Waals surface area contributed by atoms with Gasteiger partial charge in [0, 0.05) is 11.5 Å². The maximum Gasteiger partial charge on any atom is 0.419 e. The van der Waals surface area contributed by atoms with Gasteiger partial charge in [-0.2, -0.15) is 18.4 Å². The van der Waals surface area contributed by atoms with Crippen molar-refractivity contribution in [2.24, 2.45) is 0 Å². The van der Waals surface area contributed by atoms with Crippen LogP contribution in [0.3, 0.4) is 0 Å². The molecule has 1 rings (SSSR count). The van der Waals surface area contributed by atoms with Gasteiger partial charge in [0.15, 0.2) is 6.07 Å². The predicted molar refractivity (Wildman–Crippen MR) is 50.5 cm³/mol. The van der Waals surface area contributed by atoms with E-state index in [1.807, 2.05) is 0 Å². The van der Waals surface area contributed by atoms with Crippen LogP contribution in [0.15, 0.2) is 18.2 Å². The Morgan fingerprint density at radius 1 is 1.31 bits per heavy atom. The highest BCUT2D eigenvalue weighted by Crippen LogP contribution is 2.36. The minimum absolute atomic E-state index is 0.298. The highest BCUT2D eigenvalue weighted by Gasteiger charge is 2.34. The predicted octanol–water partition coefficient (Wildman–Crippen LogP) is 2.59. The molecule has 0 aliphatic carbocycles. The van der Waals surface area contributed by atoms with Crippen LogP contribution in [0.5, 0.6) is 5.75 Å². The van der Waals surface area contributed by atoms with Gasteiger partial charge in [0.25, 0.3) is 0 Å². The molecule has 0 saturated carbocycles. The fourth-order valence-corrected chi connectivity index (χ4v) is 1.10. The maximum absolute atomic E-state index is 12.5. The molecule has 0 aliphatic heterocycles. The SMILES string of the molecule is COc1cc(C#CC#N)ccc1C(F)(F)F. The minimum atomic E-state index is -4.47. The number of halogens is 3. The zero-order chi connectivity index (χ0) is 12.2. The van der Waals surface area contributed by atoms with E-state index in [9.17, 15) is 13.2 Å². The summed E-state index contributed by atoms with van der Waals surface area (Å²) in [5.41, 5.74) is -0.566. The van der Waals surface area contributed by atoms with E-state index in [-0.39, 0.29) is 5.75 Å². The first-order valence-corrected chi connectivity index (χ1v) is 4.14. The summed E-state index contributed by atoms with van der Waals surface area (Å²) < 4.78 is 42.0. The van der Waals surface area contributed by atoms with Crippen molar-refractivity contribution in [2.75, 3.05) is 7.11 Å². The van der Waals surface area contributed by atoms with Gasteiger partial charge in [-0.15, -0.1) is 0 Å². The van der Waals surface area contributed by atoms with Crippen LogP contribution in [0.4, 0.5) is 13.2 Å². The van der Waals surface area contributed by atoms with Gasteiger partial charge < -0.3 is 4.74 Å². The number of hydrogen-bond acceptors (Lipinski definition) is 2. The average molecular weight is 225 g/mol. The van der Waals surface area contributed by atoms with Gasteiger partial charge in [-0.1, -0.05) is 5.92 Å². The van der Waals surface area contributed by atoms with Gasteiger partial charge in [-0.3, -0.25) is 0 Å². The molecule has 0 unspecified atom stereocenters. The zero-order valence-corrected chi connectivity index (χ0v) is 8.22. The second-order valence-corrected chi connectivity index (χ2v) is 2.77. The summed E-state index contributed by atoms with van der Waals surface area (Å²) in [4.78, 5) is 0. The quantitative estimate of drug-likeness (QED) is 0.688. The Bertz CT molecular complexity index is 489. The lowest BCUT2D eigenvalue weighted by Gasteiger charge is -2.11. The molecule has 0 bridgehead atoms. The number of ether oxygens (including phenoxy) is 1. The Kier molecular flexibility index (Phi) is 3.42. The first-order chi connectivity index (χ1) is 7.49. The van der Waals surface area contributed by atoms with E-state index < -0.39 is 11.7 Å². The third-order valence-corrected chi connectivity index (χ3v) is 1.77. The molecule has 0 heterocycles. The van der Waals surface area contributed by atoms with Crippen molar-refractivity contribution >= 4 is 0 Å². The molecule has 0 saturated heterocycles. The van der Waals surface area contributed by atoms with Crippen LogP contribution >= 0.6 is 0 Å². The molecule has 0 amide bonds. The summed E-state index contributed by atoms with van der Waals surface area (Å²) >= 11 is 0. The second kappa shape index (κ2) is 4.59. The molecule has 0 aromatic heterocycles. The number of methoxy groups -OCH3 is 1. The summed E-state index contributed by atoms with van der Waals surface area (Å²) in [7, 11) is 1.14. The Balaban J connectivity index is 3.23. The highest BCUT2D eigenvalue weighted by atomic mass is 19.4. The Morgan fingerprint density at radius 2 is 2.00 bits per heavy atom. The Hall–Kier alpha value is -2.14. The number of nitriles is 1. The number of hydrogen-bond donors (Lipinski definition) is 0. The standard InChI is InChI=1S/C11H6F3NO/c1-16-10-7-8(3-2-6-15)4-5-9(10)11(12,13)14/h4-5,7H,1H3. The monoisotopic (exact) mass is 225 g/mol. The fraction of sp³-hybridized carbons (Fsp3) is 0.182. The lowest BCUT2D eigenvalue weighted by atomic mass is 10.1. The molecule has 0 spiro atoms. The van der Waals surface area contributed by atoms with E-state index in [4.69, 9.17) is 5.26 Å². The lowest BCUT2D eigenvalue weighted by molar-refractivity contribution is -0.138. The number of alkyl halides is 3. The second-order valence-electron chi connectivity index (χ2n) is 2.77. The summed E-state index contributed by atoms with van der Waals surface area (Å²) in [5, 5.41) is 8.20. The molecular formula is C11H6F3NO. The van der Waals surface area contributed by atoms with E-state index in [1.165, 1.54) is 6.07 Å². The van der Waals surface area contributed by atoms with Crippen molar-refractivity contribution in [2.45, 2.75) is 6.18 Å². The van der Waals surface area contributed by atoms with Gasteiger partial charge in [-0.25, -0.2) is 0 Å². The molecular weight excluding hydrogens is 219 g/mol. The molecule has 0 atom stereocenters. The fourth-order valence-electron chi connectivity index (χ4n) is 1.10. The molecule has 0 N–H and O–H groups in total. The third-order valence-electron chi connectivity index (χ3n) is 1.77. The largest absolute Gasteiger partial charge is 0.496 e. The molecule has 16 heavy (non-hydrogen) atoms. The van der Waals surface area contributed by atoms with Gasteiger partial charge in [0.1, 0.15) is 5.75 Å². The smallest absolute Gasteiger partial charge is 0.419 e. The molecule has 0 radical (unpaired) electrons. The van der Waals surface area contributed by atoms with E-state index >= 15 is 0 Å². The summed E-state index contributed by atoms with van der Waals surface area (Å²) in [5.74, 6) is 4.17. The van der Waals surface area contributed by atoms with Crippen LogP contribution in [0.2, 0.25) is 0 Å². The summed E-state index contributed by atoms with van der Waals surface area (Å²) in [6.45, 7) is 0. The van der Waals surface area contributed by atoms with Gasteiger partial charge in [0.05, 0.1) is 12.7 Å². The van der Waals surface area contributed by atoms with Crippen molar-refractivity contribution in [3.05, 3.63) is 29.3 Å². The van der Waals surface area contributed by atoms with Crippen molar-refractivity contribution in [3.8, 4) is 23.7 Å². The molecule has 0 aliphatic rings. The average Bonchev–Trinajstić information content (AvgIpc) is 2.24. The molecule has 0 fully saturated rings. The van der Waals surface area contributed by atoms with Crippen LogP contribution in [0.1, 0.15) is 11.1 Å². The third kappa shape index (κ3) is 2.68. The maximum atomic E-state index is 12.5. The Labute approximate surface area is 90.3 Å². The molecule has 2 nitrogen and oxygen atoms in total. The summed E-state index contributed by atoms with van der Waals surface area (Å²) in [6.07, 6.45) is -4.47. The van der Waals surface area contributed by atoms with Gasteiger partial charge in [-0.05, 0) is 18.2 Å². The van der Waals surface area contributed by atoms with E-state index in [1.54, 1.807) is 6.07 Å². The van der Waals surface area contributed by atoms with Crippen molar-refractivity contribution < 1.29 is 17.9 Å². The van der Waals surface area contributed by atoms with E-state index in [0.717, 1.165) is 19.2 Å². The van der Waals surface area contributed by atoms with Crippen molar-refractivity contribution in [1.29, 1.82) is 5.26 Å². The molecule has 1 aromatic carbocycles. The normalized spacial score (nSPS) is 9.94. The minimum Gasteiger partial charge on any atom is -0.496 e. The van der Waals surface area contributed by atoms with Gasteiger partial charge >= 0.3 is 6.18 Å². The van der Waals surface area contributed by atoms with Crippen molar-refractivity contribution in [1.82, 2.24) is 0 Å². The lowest BCUT2D eigenvalue weighted by Crippen LogP contribution is -2.07. The van der Waals surface area contributed by atoms with Crippen LogP contribution in [0.25, 0.3) is 0 Å². The molecule has 82 valence electrons. The number of benzene rings is 1. The van der Waals surface area contributed by atoms with Crippen LogP contribution in [-0.4, -0.2) is 7.11 Å². The van der Waals surface area contributed by atoms with Crippen LogP contribution < -0.4 is 4.74 Å². The topological polar surface area (TPSA) is 33.0 Å². The number of rotatable bonds is 1. The summed E-state index contributed by atoms with van der Waals surface area (Å²) in [6, 6.07) is 4.79. The van der Waals surface area contributed by atoms with Crippen LogP contribution in [-0.2, 0) is 6.18 Å². The Morgan fingerprint density at radius 3 is 2.50 bits per heavy atom. The van der Waals surface area contributed by atoms with Gasteiger partial charge in [0.2, 0.25) is 0 Å². The number of nitrogens with zero attached hydrogens (tertiary/aromatic N) is 1. The van der Waals surface area contributed by atoms with E-state index in [0.29, 0.717) is 5.56 Å². The molecule has 1 aromatic rings. The zero-order valence-electron chi connectivity index (χ0n) is 8.22. The highest BCUT2D eigenvalue weighted by molar-refractivity contribution is 5.47. The van der Waals surface area contributed by atoms with Crippen LogP contribution in [0, 0.1) is 23.2 Å². The van der Waals surface area contributed by atoms with Crippen molar-refractivity contribution in [3.63, 3.8) is 0 Å². The van der Waals surface area contributed by atoms with E-state index in [2.05, 4.69) is 16.6 Å².